The van der Waals surface area contributed by atoms with E-state index in [-0.39, 0.29) is 0 Å². The van der Waals surface area contributed by atoms with Crippen molar-refractivity contribution in [2.75, 3.05) is 0 Å². The Morgan fingerprint density at radius 1 is 0.571 bits per heavy atom. The average molecular weight is 220 g/mol. The second-order valence-corrected chi connectivity index (χ2v) is 19.3. The Kier molecular flexibility index (Phi) is 1.99. The quantitative estimate of drug-likeness (QED) is 0.545. The van der Waals surface area contributed by atoms with Crippen LogP contribution in [-0.2, 0) is 0 Å². The zero-order valence-electron chi connectivity index (χ0n) is 3.27. The van der Waals surface area contributed by atoms with Crippen molar-refractivity contribution < 1.29 is 0 Å². The summed E-state index contributed by atoms with van der Waals surface area (Å²) >= 11 is 0. The Morgan fingerprint density at radius 2 is 0.571 bits per heavy atom. The van der Waals surface area contributed by atoms with Crippen molar-refractivity contribution in [3.05, 3.63) is 0 Å². The minimum absolute atomic E-state index is 5.06. The van der Waals surface area contributed by atoms with Crippen molar-refractivity contribution in [1.82, 2.24) is 0 Å². The van der Waals surface area contributed by atoms with Gasteiger partial charge in [-0.25, -0.2) is 0 Å². The summed E-state index contributed by atoms with van der Waals surface area (Å²) in [5.41, 5.74) is 0. The summed E-state index contributed by atoms with van der Waals surface area (Å²) in [6.45, 7) is 0. The van der Waals surface area contributed by atoms with E-state index in [0.717, 1.165) is 0 Å². The molecule has 43 valence electrons. The Balaban J connectivity index is 4.43. The van der Waals surface area contributed by atoms with Crippen LogP contribution in [0, 0.1) is 0 Å². The van der Waals surface area contributed by atoms with Gasteiger partial charge in [-0.3, -0.25) is 0 Å². The normalized spacial score (nSPS) is 18.0. The zero-order chi connectivity index (χ0) is 6.41. The first-order valence-electron chi connectivity index (χ1n) is 2.27. The molecule has 7 heteroatoms. The van der Waals surface area contributed by atoms with Crippen LogP contribution in [0.25, 0.3) is 0 Å². The molecule has 0 N–H and O–H groups in total. The van der Waals surface area contributed by atoms with Gasteiger partial charge in [0.1, 0.15) is 0 Å². The molecule has 1 radical (unpaired) electrons. The van der Waals surface area contributed by atoms with E-state index in [2.05, 4.69) is 0 Å². The van der Waals surface area contributed by atoms with Crippen molar-refractivity contribution in [3.63, 3.8) is 0 Å². The molecule has 0 rings (SSSR count). The molecule has 0 aromatic heterocycles. The topological polar surface area (TPSA) is 0 Å². The van der Waals surface area contributed by atoms with Crippen molar-refractivity contribution in [2.45, 2.75) is 0 Å². The molecule has 0 aliphatic heterocycles. The van der Waals surface area contributed by atoms with Gasteiger partial charge in [0, 0.05) is 0 Å². The second-order valence-electron chi connectivity index (χ2n) is 2.14. The maximum atomic E-state index is 5.06. The average Bonchev–Trinajstić information content (AvgIpc) is 0.592. The summed E-state index contributed by atoms with van der Waals surface area (Å²) in [6, 6.07) is 0. The van der Waals surface area contributed by atoms with Gasteiger partial charge in [0.15, 0.2) is 0 Å². The summed E-state index contributed by atoms with van der Waals surface area (Å²) < 4.78 is 0. The van der Waals surface area contributed by atoms with Crippen molar-refractivity contribution in [2.24, 2.45) is 0 Å². The SMILES string of the molecule is [Cl][Li]([Cl])([Cl])([Cl])([Cl])[Cl]. The Hall–Kier alpha value is 2.34. The van der Waals surface area contributed by atoms with Crippen LogP contribution in [0.15, 0.2) is 0 Å². The van der Waals surface area contributed by atoms with Gasteiger partial charge < -0.3 is 0 Å². The Morgan fingerprint density at radius 3 is 0.571 bits per heavy atom. The minimum atomic E-state index is -5.33. The summed E-state index contributed by atoms with van der Waals surface area (Å²) in [4.78, 5) is 0. The van der Waals surface area contributed by atoms with Crippen LogP contribution < -0.4 is 0 Å². The van der Waals surface area contributed by atoms with Crippen molar-refractivity contribution in [1.29, 1.82) is 0 Å². The van der Waals surface area contributed by atoms with E-state index in [1.807, 2.05) is 0 Å². The number of hydrogen-bond acceptors (Lipinski definition) is 0. The van der Waals surface area contributed by atoms with Gasteiger partial charge in [-0.15, -0.1) is 0 Å². The van der Waals surface area contributed by atoms with Crippen LogP contribution in [0.5, 0.6) is 0 Å². The van der Waals surface area contributed by atoms with Gasteiger partial charge in [0.25, 0.3) is 0 Å². The van der Waals surface area contributed by atoms with Gasteiger partial charge in [-0.05, 0) is 0 Å². The van der Waals surface area contributed by atoms with Gasteiger partial charge in [0.2, 0.25) is 0 Å². The Bertz CT molecular complexity index is 62.7. The third-order valence-electron chi connectivity index (χ3n) is 0. The molecule has 0 aromatic carbocycles. The van der Waals surface area contributed by atoms with E-state index in [1.54, 1.807) is 0 Å². The predicted octanol–water partition coefficient (Wildman–Crippen LogP) is 3.76. The summed E-state index contributed by atoms with van der Waals surface area (Å²) in [5.74, 6) is 0. The summed E-state index contributed by atoms with van der Waals surface area (Å²) in [6.07, 6.45) is -5.33. The second kappa shape index (κ2) is 1.49. The maximum absolute atomic E-state index is 5.33. The molecule has 0 saturated carbocycles. The molecule has 0 spiro atoms. The third-order valence-corrected chi connectivity index (χ3v) is 0. The predicted molar refractivity (Wildman–Crippen MR) is 40.9 cm³/mol. The van der Waals surface area contributed by atoms with E-state index >= 15 is 0 Å². The molecule has 0 amide bonds. The first-order chi connectivity index (χ1) is 2.45. The monoisotopic (exact) mass is 217 g/mol. The molecule has 0 saturated heterocycles. The molecule has 0 bridgehead atoms. The summed E-state index contributed by atoms with van der Waals surface area (Å²) in [7, 11) is 30.3. The number of hydrogen-bond donors (Lipinski definition) is 0. The molecule has 0 fully saturated rings. The van der Waals surface area contributed by atoms with Crippen LogP contribution in [0.3, 0.4) is 0 Å². The molecule has 0 heterocycles. The molecule has 0 nitrogen and oxygen atoms in total. The number of rotatable bonds is 0. The van der Waals surface area contributed by atoms with Crippen molar-refractivity contribution in [3.8, 4) is 0 Å². The van der Waals surface area contributed by atoms with Crippen LogP contribution in [0.2, 0.25) is 0 Å². The van der Waals surface area contributed by atoms with Crippen LogP contribution in [0.1, 0.15) is 0 Å². The van der Waals surface area contributed by atoms with Gasteiger partial charge in [0.05, 0.1) is 0 Å². The molecule has 0 aliphatic rings. The molecule has 0 atom stereocenters. The van der Waals surface area contributed by atoms with Crippen LogP contribution in [-0.4, -0.2) is 6.16 Å². The first-order valence-corrected chi connectivity index (χ1v) is 6.80. The fraction of sp³-hybridized carbons (Fsp3) is 0. The van der Waals surface area contributed by atoms with Gasteiger partial charge in [-0.1, -0.05) is 0 Å². The zero-order valence-corrected chi connectivity index (χ0v) is 7.80. The molecule has 0 aliphatic carbocycles. The van der Waals surface area contributed by atoms with Gasteiger partial charge >= 0.3 is 64.9 Å². The van der Waals surface area contributed by atoms with Gasteiger partial charge in [-0.2, -0.15) is 0 Å². The molecule has 7 heavy (non-hydrogen) atoms. The van der Waals surface area contributed by atoms with E-state index in [0.29, 0.717) is 0 Å². The molecular weight excluding hydrogens is 220 g/mol. The number of halogens is 6. The Labute approximate surface area is 64.2 Å². The molecule has 0 unspecified atom stereocenters. The summed E-state index contributed by atoms with van der Waals surface area (Å²) in [5, 5.41) is 0. The first kappa shape index (κ1) is 9.34. The van der Waals surface area contributed by atoms with E-state index in [9.17, 15) is 0 Å². The fourth-order valence-corrected chi connectivity index (χ4v) is 0. The standard InChI is InChI=1S/6ClH.Li/h6*1H;/q;;;;;;+6/p-6. The van der Waals surface area contributed by atoms with E-state index in [1.165, 1.54) is 0 Å². The van der Waals surface area contributed by atoms with Crippen LogP contribution >= 0.6 is 58.8 Å². The third kappa shape index (κ3) is 61.3. The van der Waals surface area contributed by atoms with E-state index < -0.39 is 6.16 Å². The van der Waals surface area contributed by atoms with Crippen molar-refractivity contribution >= 4 is 64.9 Å². The van der Waals surface area contributed by atoms with E-state index in [4.69, 9.17) is 58.8 Å². The molecular formula is Cl6Li. The fourth-order valence-electron chi connectivity index (χ4n) is 0. The molecule has 0 aromatic rings. The van der Waals surface area contributed by atoms with Crippen LogP contribution in [0.4, 0.5) is 0 Å².